The topological polar surface area (TPSA) is 4.93 Å². The third-order valence-corrected chi connectivity index (χ3v) is 2.23. The zero-order valence-corrected chi connectivity index (χ0v) is 7.75. The van der Waals surface area contributed by atoms with Crippen LogP contribution in [-0.4, -0.2) is 4.57 Å². The molecule has 0 amide bonds. The van der Waals surface area contributed by atoms with Crippen LogP contribution < -0.4 is 0 Å². The van der Waals surface area contributed by atoms with Gasteiger partial charge in [0.2, 0.25) is 0 Å². The van der Waals surface area contributed by atoms with E-state index in [1.54, 1.807) is 0 Å². The summed E-state index contributed by atoms with van der Waals surface area (Å²) in [5.74, 6) is 2.61. The minimum Gasteiger partial charge on any atom is -0.336 e. The molecule has 64 valence electrons. The fourth-order valence-corrected chi connectivity index (χ4v) is 1.59. The Labute approximate surface area is 81.9 Å². The van der Waals surface area contributed by atoms with Gasteiger partial charge in [-0.3, -0.25) is 0 Å². The van der Waals surface area contributed by atoms with Crippen LogP contribution in [0.25, 0.3) is 10.9 Å². The lowest BCUT2D eigenvalue weighted by atomic mass is 10.2. The van der Waals surface area contributed by atoms with Crippen molar-refractivity contribution in [3.63, 3.8) is 0 Å². The van der Waals surface area contributed by atoms with Crippen LogP contribution in [0.5, 0.6) is 0 Å². The Balaban J connectivity index is 2.63. The van der Waals surface area contributed by atoms with Gasteiger partial charge in [0.25, 0.3) is 0 Å². The monoisotopic (exact) mass is 189 g/mol. The lowest BCUT2D eigenvalue weighted by Crippen LogP contribution is -1.91. The van der Waals surface area contributed by atoms with E-state index in [1.807, 2.05) is 35.0 Å². The van der Waals surface area contributed by atoms with Gasteiger partial charge in [-0.1, -0.05) is 17.5 Å². The Bertz CT molecular complexity index is 476. The highest BCUT2D eigenvalue weighted by Crippen LogP contribution is 2.20. The molecular weight excluding hydrogens is 182 g/mol. The number of halogens is 1. The lowest BCUT2D eigenvalue weighted by Gasteiger charge is -1.98. The second-order valence-corrected chi connectivity index (χ2v) is 3.29. The normalized spacial score (nSPS) is 10.2. The Morgan fingerprint density at radius 3 is 3.00 bits per heavy atom. The van der Waals surface area contributed by atoms with Gasteiger partial charge in [0.05, 0.1) is 6.54 Å². The maximum atomic E-state index is 5.86. The molecule has 0 unspecified atom stereocenters. The summed E-state index contributed by atoms with van der Waals surface area (Å²) in [4.78, 5) is 0. The molecule has 0 aliphatic heterocycles. The first-order valence-corrected chi connectivity index (χ1v) is 4.37. The number of hydrogen-bond acceptors (Lipinski definition) is 0. The van der Waals surface area contributed by atoms with Crippen LogP contribution in [0.2, 0.25) is 5.02 Å². The largest absolute Gasteiger partial charge is 0.336 e. The molecule has 1 heterocycles. The van der Waals surface area contributed by atoms with E-state index in [1.165, 1.54) is 0 Å². The summed E-state index contributed by atoms with van der Waals surface area (Å²) in [6.07, 6.45) is 7.22. The van der Waals surface area contributed by atoms with E-state index >= 15 is 0 Å². The van der Waals surface area contributed by atoms with Gasteiger partial charge in [-0.25, -0.2) is 0 Å². The van der Waals surface area contributed by atoms with Crippen molar-refractivity contribution >= 4 is 22.5 Å². The van der Waals surface area contributed by atoms with Crippen molar-refractivity contribution in [3.05, 3.63) is 35.5 Å². The molecule has 0 spiro atoms. The van der Waals surface area contributed by atoms with Crippen molar-refractivity contribution in [2.24, 2.45) is 0 Å². The Hall–Kier alpha value is -1.39. The van der Waals surface area contributed by atoms with Gasteiger partial charge < -0.3 is 4.57 Å². The van der Waals surface area contributed by atoms with Crippen LogP contribution in [0.4, 0.5) is 0 Å². The van der Waals surface area contributed by atoms with Gasteiger partial charge in [-0.2, -0.15) is 0 Å². The van der Waals surface area contributed by atoms with Gasteiger partial charge in [0.15, 0.2) is 0 Å². The minimum atomic E-state index is 0.602. The average molecular weight is 190 g/mol. The predicted molar refractivity (Wildman–Crippen MR) is 55.8 cm³/mol. The van der Waals surface area contributed by atoms with Crippen LogP contribution in [-0.2, 0) is 6.54 Å². The maximum absolute atomic E-state index is 5.86. The summed E-state index contributed by atoms with van der Waals surface area (Å²) < 4.78 is 2.02. The van der Waals surface area contributed by atoms with Crippen LogP contribution in [0.15, 0.2) is 30.5 Å². The number of benzene rings is 1. The molecule has 0 bridgehead atoms. The summed E-state index contributed by atoms with van der Waals surface area (Å²) in [6, 6.07) is 7.80. The molecule has 2 aromatic rings. The zero-order chi connectivity index (χ0) is 9.26. The maximum Gasteiger partial charge on any atom is 0.0834 e. The molecule has 0 fully saturated rings. The number of fused-ring (bicyclic) bond motifs is 1. The van der Waals surface area contributed by atoms with E-state index in [0.717, 1.165) is 15.9 Å². The van der Waals surface area contributed by atoms with Crippen molar-refractivity contribution in [1.82, 2.24) is 4.57 Å². The quantitative estimate of drug-likeness (QED) is 0.608. The van der Waals surface area contributed by atoms with Crippen LogP contribution >= 0.6 is 11.6 Å². The number of hydrogen-bond donors (Lipinski definition) is 0. The van der Waals surface area contributed by atoms with Crippen molar-refractivity contribution < 1.29 is 0 Å². The van der Waals surface area contributed by atoms with Crippen LogP contribution in [0.1, 0.15) is 0 Å². The van der Waals surface area contributed by atoms with Gasteiger partial charge in [-0.15, -0.1) is 6.42 Å². The molecule has 0 aliphatic carbocycles. The van der Waals surface area contributed by atoms with Crippen LogP contribution in [0.3, 0.4) is 0 Å². The summed E-state index contributed by atoms with van der Waals surface area (Å²) in [7, 11) is 0. The Morgan fingerprint density at radius 2 is 2.23 bits per heavy atom. The molecule has 1 aromatic heterocycles. The molecule has 0 radical (unpaired) electrons. The Kier molecular flexibility index (Phi) is 2.00. The predicted octanol–water partition coefficient (Wildman–Crippen LogP) is 2.93. The molecular formula is C11H8ClN. The minimum absolute atomic E-state index is 0.602. The molecule has 1 nitrogen and oxygen atoms in total. The molecule has 0 N–H and O–H groups in total. The van der Waals surface area contributed by atoms with E-state index in [2.05, 4.69) is 5.92 Å². The lowest BCUT2D eigenvalue weighted by molar-refractivity contribution is 0.886. The molecule has 13 heavy (non-hydrogen) atoms. The van der Waals surface area contributed by atoms with Gasteiger partial charge in [0, 0.05) is 22.1 Å². The summed E-state index contributed by atoms with van der Waals surface area (Å²) in [6.45, 7) is 0.602. The second kappa shape index (κ2) is 3.16. The standard InChI is InChI=1S/C11H8ClN/c1-2-6-13-7-5-9-8-10(12)3-4-11(9)13/h1,3-5,7-8H,6H2. The van der Waals surface area contributed by atoms with Gasteiger partial charge in [-0.05, 0) is 24.3 Å². The smallest absolute Gasteiger partial charge is 0.0834 e. The van der Waals surface area contributed by atoms with Crippen molar-refractivity contribution in [2.75, 3.05) is 0 Å². The van der Waals surface area contributed by atoms with Gasteiger partial charge >= 0.3 is 0 Å². The number of nitrogens with zero attached hydrogens (tertiary/aromatic N) is 1. The van der Waals surface area contributed by atoms with Crippen LogP contribution in [0, 0.1) is 12.3 Å². The molecule has 0 saturated heterocycles. The number of aromatic nitrogens is 1. The number of terminal acetylenes is 1. The molecule has 0 saturated carbocycles. The fourth-order valence-electron chi connectivity index (χ4n) is 1.41. The van der Waals surface area contributed by atoms with Crippen molar-refractivity contribution in [2.45, 2.75) is 6.54 Å². The summed E-state index contributed by atoms with van der Waals surface area (Å²) in [5.41, 5.74) is 1.13. The fraction of sp³-hybridized carbons (Fsp3) is 0.0909. The molecule has 2 heteroatoms. The van der Waals surface area contributed by atoms with E-state index in [9.17, 15) is 0 Å². The highest BCUT2D eigenvalue weighted by Gasteiger charge is 1.99. The third kappa shape index (κ3) is 1.41. The molecule has 1 aromatic carbocycles. The first kappa shape index (κ1) is 8.22. The first-order valence-electron chi connectivity index (χ1n) is 3.99. The van der Waals surface area contributed by atoms with Crippen molar-refractivity contribution in [1.29, 1.82) is 0 Å². The summed E-state index contributed by atoms with van der Waals surface area (Å²) in [5, 5.41) is 1.88. The molecule has 0 aliphatic rings. The molecule has 2 rings (SSSR count). The van der Waals surface area contributed by atoms with E-state index in [4.69, 9.17) is 18.0 Å². The van der Waals surface area contributed by atoms with E-state index in [-0.39, 0.29) is 0 Å². The van der Waals surface area contributed by atoms with E-state index in [0.29, 0.717) is 6.54 Å². The molecule has 0 atom stereocenters. The SMILES string of the molecule is C#CCn1ccc2cc(Cl)ccc21. The second-order valence-electron chi connectivity index (χ2n) is 2.85. The third-order valence-electron chi connectivity index (χ3n) is 1.99. The Morgan fingerprint density at radius 1 is 1.38 bits per heavy atom. The average Bonchev–Trinajstić information content (AvgIpc) is 2.49. The highest BCUT2D eigenvalue weighted by atomic mass is 35.5. The number of rotatable bonds is 1. The first-order chi connectivity index (χ1) is 6.31. The highest BCUT2D eigenvalue weighted by molar-refractivity contribution is 6.31. The van der Waals surface area contributed by atoms with E-state index < -0.39 is 0 Å². The van der Waals surface area contributed by atoms with Gasteiger partial charge in [0.1, 0.15) is 0 Å². The zero-order valence-electron chi connectivity index (χ0n) is 7.00. The summed E-state index contributed by atoms with van der Waals surface area (Å²) >= 11 is 5.86. The van der Waals surface area contributed by atoms with Crippen molar-refractivity contribution in [3.8, 4) is 12.3 Å².